The fraction of sp³-hybridized carbons (Fsp3) is 0.208. The van der Waals surface area contributed by atoms with Gasteiger partial charge in [0.05, 0.1) is 28.7 Å². The fourth-order valence-electron chi connectivity index (χ4n) is 3.97. The van der Waals surface area contributed by atoms with Crippen molar-refractivity contribution in [2.45, 2.75) is 11.2 Å². The van der Waals surface area contributed by atoms with Crippen LogP contribution in [-0.4, -0.2) is 39.0 Å². The van der Waals surface area contributed by atoms with E-state index in [2.05, 4.69) is 4.98 Å². The molecule has 3 heterocycles. The van der Waals surface area contributed by atoms with Crippen LogP contribution in [-0.2, 0) is 26.3 Å². The Balaban J connectivity index is 1.67. The highest BCUT2D eigenvalue weighted by Gasteiger charge is 2.25. The van der Waals surface area contributed by atoms with Crippen LogP contribution in [0.4, 0.5) is 8.78 Å². The van der Waals surface area contributed by atoms with Crippen LogP contribution in [0.5, 0.6) is 11.5 Å². The molecule has 1 saturated heterocycles. The van der Waals surface area contributed by atoms with Crippen LogP contribution < -0.4 is 10.3 Å². The molecule has 0 amide bonds. The van der Waals surface area contributed by atoms with Gasteiger partial charge in [-0.3, -0.25) is 4.79 Å². The SMILES string of the molecule is Cn1cc(-c2cc(S(=N)(=O)CC3OCCO3)ccc2Oc2ccc(F)cc2F)c2cc[nH]c2c1=O. The van der Waals surface area contributed by atoms with Gasteiger partial charge in [0, 0.05) is 46.9 Å². The number of nitrogens with one attached hydrogen (secondary N) is 2. The average Bonchev–Trinajstić information content (AvgIpc) is 3.50. The van der Waals surface area contributed by atoms with E-state index in [-0.39, 0.29) is 27.7 Å². The van der Waals surface area contributed by atoms with Crippen LogP contribution in [0.25, 0.3) is 22.0 Å². The third-order valence-electron chi connectivity index (χ3n) is 5.69. The number of hydrogen-bond acceptors (Lipinski definition) is 6. The summed E-state index contributed by atoms with van der Waals surface area (Å²) in [5.41, 5.74) is 0.997. The predicted molar refractivity (Wildman–Crippen MR) is 125 cm³/mol. The Morgan fingerprint density at radius 3 is 2.60 bits per heavy atom. The topological polar surface area (TPSA) is 106 Å². The second-order valence-electron chi connectivity index (χ2n) is 8.07. The van der Waals surface area contributed by atoms with Gasteiger partial charge in [0.15, 0.2) is 17.9 Å². The molecule has 11 heteroatoms. The Hall–Kier alpha value is -3.54. The molecule has 1 aliphatic rings. The number of fused-ring (bicyclic) bond motifs is 1. The largest absolute Gasteiger partial charge is 0.454 e. The zero-order valence-electron chi connectivity index (χ0n) is 18.5. The molecule has 5 rings (SSSR count). The van der Waals surface area contributed by atoms with E-state index in [0.29, 0.717) is 41.3 Å². The Kier molecular flexibility index (Phi) is 5.91. The molecule has 1 atom stereocenters. The Labute approximate surface area is 199 Å². The summed E-state index contributed by atoms with van der Waals surface area (Å²) in [4.78, 5) is 15.7. The smallest absolute Gasteiger partial charge is 0.274 e. The Morgan fingerprint density at radius 2 is 1.86 bits per heavy atom. The first-order chi connectivity index (χ1) is 16.7. The summed E-state index contributed by atoms with van der Waals surface area (Å²) in [6.45, 7) is 0.732. The number of ether oxygens (including phenoxy) is 3. The molecule has 0 spiro atoms. The van der Waals surface area contributed by atoms with E-state index in [9.17, 15) is 17.8 Å². The van der Waals surface area contributed by atoms with E-state index >= 15 is 0 Å². The maximum Gasteiger partial charge on any atom is 0.274 e. The second-order valence-corrected chi connectivity index (χ2v) is 10.2. The molecular formula is C24H21F2N3O5S. The highest BCUT2D eigenvalue weighted by Crippen LogP contribution is 2.39. The molecule has 0 radical (unpaired) electrons. The van der Waals surface area contributed by atoms with Crippen molar-refractivity contribution in [3.8, 4) is 22.6 Å². The third-order valence-corrected chi connectivity index (χ3v) is 7.45. The van der Waals surface area contributed by atoms with Gasteiger partial charge in [-0.1, -0.05) is 0 Å². The number of pyridine rings is 1. The van der Waals surface area contributed by atoms with Crippen LogP contribution >= 0.6 is 0 Å². The number of aromatic amines is 1. The lowest BCUT2D eigenvalue weighted by Crippen LogP contribution is -2.21. The lowest BCUT2D eigenvalue weighted by Gasteiger charge is -2.17. The summed E-state index contributed by atoms with van der Waals surface area (Å²) in [7, 11) is -1.76. The second kappa shape index (κ2) is 8.91. The molecular weight excluding hydrogens is 480 g/mol. The van der Waals surface area contributed by atoms with E-state index in [1.807, 2.05) is 0 Å². The van der Waals surface area contributed by atoms with E-state index < -0.39 is 27.7 Å². The highest BCUT2D eigenvalue weighted by molar-refractivity contribution is 7.92. The van der Waals surface area contributed by atoms with Crippen molar-refractivity contribution in [2.24, 2.45) is 7.05 Å². The number of H-pyrrole nitrogens is 1. The number of aromatic nitrogens is 2. The van der Waals surface area contributed by atoms with Gasteiger partial charge in [0.25, 0.3) is 5.56 Å². The maximum atomic E-state index is 14.4. The van der Waals surface area contributed by atoms with Crippen LogP contribution in [0, 0.1) is 16.4 Å². The maximum absolute atomic E-state index is 14.4. The molecule has 8 nitrogen and oxygen atoms in total. The van der Waals surface area contributed by atoms with Gasteiger partial charge >= 0.3 is 0 Å². The zero-order valence-corrected chi connectivity index (χ0v) is 19.4. The van der Waals surface area contributed by atoms with Crippen molar-refractivity contribution in [1.82, 2.24) is 9.55 Å². The van der Waals surface area contributed by atoms with Gasteiger partial charge in [-0.25, -0.2) is 17.8 Å². The first-order valence-electron chi connectivity index (χ1n) is 10.7. The van der Waals surface area contributed by atoms with Gasteiger partial charge < -0.3 is 23.8 Å². The molecule has 1 unspecified atom stereocenters. The van der Waals surface area contributed by atoms with E-state index in [0.717, 1.165) is 12.1 Å². The Bertz CT molecular complexity index is 1590. The number of hydrogen-bond donors (Lipinski definition) is 2. The quantitative estimate of drug-likeness (QED) is 0.408. The standard InChI is InChI=1S/C24H21F2N3O5S/c1-29-12-18(16-6-7-28-23(16)24(29)30)17-11-15(35(27,31)13-22-32-8-9-33-22)3-5-20(17)34-21-4-2-14(25)10-19(21)26/h2-7,10-12,22,27-28H,8-9,13H2,1H3. The molecule has 4 aromatic rings. The normalized spacial score (nSPS) is 16.0. The van der Waals surface area contributed by atoms with Crippen LogP contribution in [0.1, 0.15) is 0 Å². The number of benzene rings is 2. The molecule has 1 aliphatic heterocycles. The molecule has 0 bridgehead atoms. The first-order valence-corrected chi connectivity index (χ1v) is 12.4. The lowest BCUT2D eigenvalue weighted by molar-refractivity contribution is -0.0223. The molecule has 2 aromatic carbocycles. The lowest BCUT2D eigenvalue weighted by atomic mass is 10.0. The molecule has 1 fully saturated rings. The summed E-state index contributed by atoms with van der Waals surface area (Å²) in [6, 6.07) is 9.10. The van der Waals surface area contributed by atoms with Gasteiger partial charge in [0.1, 0.15) is 17.1 Å². The van der Waals surface area contributed by atoms with Gasteiger partial charge in [-0.05, 0) is 36.4 Å². The number of halogens is 2. The molecule has 2 aromatic heterocycles. The number of aryl methyl sites for hydroxylation is 1. The van der Waals surface area contributed by atoms with Crippen molar-refractivity contribution in [2.75, 3.05) is 19.0 Å². The van der Waals surface area contributed by atoms with Crippen LogP contribution in [0.2, 0.25) is 0 Å². The third kappa shape index (κ3) is 4.45. The zero-order chi connectivity index (χ0) is 24.7. The monoisotopic (exact) mass is 501 g/mol. The molecule has 0 saturated carbocycles. The van der Waals surface area contributed by atoms with Crippen LogP contribution in [0.15, 0.2) is 64.5 Å². The summed E-state index contributed by atoms with van der Waals surface area (Å²) < 4.78 is 67.5. The molecule has 0 aliphatic carbocycles. The highest BCUT2D eigenvalue weighted by atomic mass is 32.2. The molecule has 2 N–H and O–H groups in total. The first kappa shape index (κ1) is 23.2. The van der Waals surface area contributed by atoms with E-state index in [1.165, 1.54) is 22.8 Å². The summed E-state index contributed by atoms with van der Waals surface area (Å²) >= 11 is 0. The van der Waals surface area contributed by atoms with Crippen molar-refractivity contribution in [3.05, 3.63) is 76.8 Å². The molecule has 35 heavy (non-hydrogen) atoms. The fourth-order valence-corrected chi connectivity index (χ4v) is 5.33. The molecule has 182 valence electrons. The summed E-state index contributed by atoms with van der Waals surface area (Å²) in [5, 5.41) is 0.564. The minimum atomic E-state index is -3.34. The van der Waals surface area contributed by atoms with Gasteiger partial charge in [-0.15, -0.1) is 0 Å². The Morgan fingerprint density at radius 1 is 1.11 bits per heavy atom. The number of rotatable bonds is 6. The van der Waals surface area contributed by atoms with E-state index in [1.54, 1.807) is 25.5 Å². The van der Waals surface area contributed by atoms with Crippen molar-refractivity contribution in [3.63, 3.8) is 0 Å². The minimum absolute atomic E-state index is 0.161. The van der Waals surface area contributed by atoms with Gasteiger partial charge in [0.2, 0.25) is 0 Å². The van der Waals surface area contributed by atoms with E-state index in [4.69, 9.17) is 19.0 Å². The predicted octanol–water partition coefficient (Wildman–Crippen LogP) is 4.38. The van der Waals surface area contributed by atoms with Crippen molar-refractivity contribution >= 4 is 20.6 Å². The van der Waals surface area contributed by atoms with Gasteiger partial charge in [-0.2, -0.15) is 0 Å². The number of nitrogens with zero attached hydrogens (tertiary/aromatic N) is 1. The van der Waals surface area contributed by atoms with Crippen molar-refractivity contribution in [1.29, 1.82) is 4.78 Å². The average molecular weight is 502 g/mol. The van der Waals surface area contributed by atoms with Crippen LogP contribution in [0.3, 0.4) is 0 Å². The summed E-state index contributed by atoms with van der Waals surface area (Å²) in [5.74, 6) is -1.85. The minimum Gasteiger partial charge on any atom is -0.454 e. The van der Waals surface area contributed by atoms with Crippen molar-refractivity contribution < 1.29 is 27.2 Å². The summed E-state index contributed by atoms with van der Waals surface area (Å²) in [6.07, 6.45) is 2.45.